The van der Waals surface area contributed by atoms with E-state index in [1.807, 2.05) is 12.1 Å². The van der Waals surface area contributed by atoms with Crippen LogP contribution in [0.1, 0.15) is 30.3 Å². The van der Waals surface area contributed by atoms with E-state index in [1.54, 1.807) is 12.1 Å². The minimum absolute atomic E-state index is 0.525. The number of aliphatic hydroxyl groups is 2. The van der Waals surface area contributed by atoms with E-state index < -0.39 is 6.29 Å². The Hall–Kier alpha value is -0.550. The molecule has 0 saturated heterocycles. The number of benzene rings is 1. The first-order valence-electron chi connectivity index (χ1n) is 4.95. The zero-order chi connectivity index (χ0) is 11.1. The molecular formula is C11H16O3S. The normalized spacial score (nSPS) is 10.9. The van der Waals surface area contributed by atoms with Gasteiger partial charge in [0.25, 0.3) is 0 Å². The van der Waals surface area contributed by atoms with E-state index >= 15 is 0 Å². The Bertz CT molecular complexity index is 272. The molecule has 0 aliphatic rings. The number of aryl methyl sites for hydroxylation is 1. The quantitative estimate of drug-likeness (QED) is 0.301. The summed E-state index contributed by atoms with van der Waals surface area (Å²) in [6, 6.07) is 7.29. The van der Waals surface area contributed by atoms with Crippen molar-refractivity contribution in [2.75, 3.05) is 6.61 Å². The van der Waals surface area contributed by atoms with Crippen LogP contribution in [0, 0.1) is 0 Å². The highest BCUT2D eigenvalue weighted by Crippen LogP contribution is 2.12. The predicted octanol–water partition coefficient (Wildman–Crippen LogP) is 1.85. The van der Waals surface area contributed by atoms with Gasteiger partial charge in [0.2, 0.25) is 0 Å². The fourth-order valence-electron chi connectivity index (χ4n) is 1.35. The number of rotatable bonds is 6. The predicted molar refractivity (Wildman–Crippen MR) is 61.5 cm³/mol. The first kappa shape index (κ1) is 12.5. The Morgan fingerprint density at radius 2 is 1.80 bits per heavy atom. The van der Waals surface area contributed by atoms with Crippen LogP contribution in [0.5, 0.6) is 0 Å². The van der Waals surface area contributed by atoms with Gasteiger partial charge in [0.15, 0.2) is 6.29 Å². The highest BCUT2D eigenvalue weighted by atomic mass is 32.1. The van der Waals surface area contributed by atoms with Crippen LogP contribution in [0.15, 0.2) is 24.3 Å². The monoisotopic (exact) mass is 228 g/mol. The summed E-state index contributed by atoms with van der Waals surface area (Å²) in [5.74, 6) is 0. The van der Waals surface area contributed by atoms with Gasteiger partial charge in [0.05, 0.1) is 6.61 Å². The molecule has 3 nitrogen and oxygen atoms in total. The molecule has 15 heavy (non-hydrogen) atoms. The molecule has 1 aromatic rings. The molecule has 1 rings (SSSR count). The third-order valence-electron chi connectivity index (χ3n) is 2.23. The van der Waals surface area contributed by atoms with E-state index in [1.165, 1.54) is 5.56 Å². The van der Waals surface area contributed by atoms with Crippen LogP contribution < -0.4 is 0 Å². The third kappa shape index (κ3) is 4.66. The SMILES string of the molecule is OC(O)c1ccc(CCCCOS)cc1. The zero-order valence-electron chi connectivity index (χ0n) is 8.47. The van der Waals surface area contributed by atoms with Gasteiger partial charge in [-0.15, -0.1) is 0 Å². The molecular weight excluding hydrogens is 212 g/mol. The third-order valence-corrected chi connectivity index (χ3v) is 2.41. The lowest BCUT2D eigenvalue weighted by atomic mass is 10.1. The van der Waals surface area contributed by atoms with Crippen LogP contribution in [-0.2, 0) is 10.6 Å². The van der Waals surface area contributed by atoms with Crippen molar-refractivity contribution in [3.05, 3.63) is 35.4 Å². The highest BCUT2D eigenvalue weighted by Gasteiger charge is 2.01. The molecule has 0 fully saturated rings. The molecule has 0 spiro atoms. The molecule has 1 aromatic carbocycles. The van der Waals surface area contributed by atoms with E-state index in [0.29, 0.717) is 12.2 Å². The van der Waals surface area contributed by atoms with Crippen molar-refractivity contribution in [1.29, 1.82) is 0 Å². The van der Waals surface area contributed by atoms with Gasteiger partial charge in [0.1, 0.15) is 0 Å². The van der Waals surface area contributed by atoms with Crippen LogP contribution in [0.4, 0.5) is 0 Å². The Morgan fingerprint density at radius 1 is 1.13 bits per heavy atom. The van der Waals surface area contributed by atoms with Crippen molar-refractivity contribution in [1.82, 2.24) is 0 Å². The van der Waals surface area contributed by atoms with Crippen LogP contribution in [0.25, 0.3) is 0 Å². The summed E-state index contributed by atoms with van der Waals surface area (Å²) >= 11 is 3.66. The zero-order valence-corrected chi connectivity index (χ0v) is 9.36. The highest BCUT2D eigenvalue weighted by molar-refractivity contribution is 7.75. The van der Waals surface area contributed by atoms with Gasteiger partial charge in [0, 0.05) is 5.56 Å². The second-order valence-corrected chi connectivity index (χ2v) is 3.66. The van der Waals surface area contributed by atoms with Crippen molar-refractivity contribution >= 4 is 12.9 Å². The Labute approximate surface area is 95.3 Å². The second-order valence-electron chi connectivity index (χ2n) is 3.41. The van der Waals surface area contributed by atoms with Crippen molar-refractivity contribution < 1.29 is 14.4 Å². The maximum absolute atomic E-state index is 8.89. The summed E-state index contributed by atoms with van der Waals surface area (Å²) < 4.78 is 4.66. The molecule has 0 atom stereocenters. The lowest BCUT2D eigenvalue weighted by Crippen LogP contribution is -1.95. The first-order chi connectivity index (χ1) is 7.24. The lowest BCUT2D eigenvalue weighted by molar-refractivity contribution is -0.0424. The van der Waals surface area contributed by atoms with Gasteiger partial charge in [-0.05, 0) is 37.7 Å². The Balaban J connectivity index is 2.36. The average Bonchev–Trinajstić information content (AvgIpc) is 2.25. The second kappa shape index (κ2) is 6.85. The molecule has 84 valence electrons. The van der Waals surface area contributed by atoms with Crippen molar-refractivity contribution in [3.63, 3.8) is 0 Å². The molecule has 4 heteroatoms. The van der Waals surface area contributed by atoms with E-state index in [-0.39, 0.29) is 0 Å². The molecule has 0 unspecified atom stereocenters. The number of thiol groups is 1. The molecule has 0 aliphatic heterocycles. The molecule has 0 saturated carbocycles. The van der Waals surface area contributed by atoms with E-state index in [0.717, 1.165) is 19.3 Å². The first-order valence-corrected chi connectivity index (χ1v) is 5.32. The Kier molecular flexibility index (Phi) is 5.71. The van der Waals surface area contributed by atoms with Crippen molar-refractivity contribution in [2.24, 2.45) is 0 Å². The summed E-state index contributed by atoms with van der Waals surface area (Å²) in [6.45, 7) is 0.663. The lowest BCUT2D eigenvalue weighted by Gasteiger charge is -2.05. The summed E-state index contributed by atoms with van der Waals surface area (Å²) in [5.41, 5.74) is 1.72. The number of hydrogen-bond acceptors (Lipinski definition) is 4. The topological polar surface area (TPSA) is 49.7 Å². The van der Waals surface area contributed by atoms with Gasteiger partial charge in [-0.1, -0.05) is 24.3 Å². The Morgan fingerprint density at radius 3 is 2.33 bits per heavy atom. The van der Waals surface area contributed by atoms with E-state index in [9.17, 15) is 0 Å². The number of hydrogen-bond donors (Lipinski definition) is 3. The average molecular weight is 228 g/mol. The molecule has 0 bridgehead atoms. The molecule has 0 amide bonds. The smallest absolute Gasteiger partial charge is 0.178 e. The largest absolute Gasteiger partial charge is 0.364 e. The van der Waals surface area contributed by atoms with Gasteiger partial charge in [-0.3, -0.25) is 0 Å². The van der Waals surface area contributed by atoms with Crippen molar-refractivity contribution in [2.45, 2.75) is 25.6 Å². The van der Waals surface area contributed by atoms with Gasteiger partial charge in [-0.25, -0.2) is 0 Å². The van der Waals surface area contributed by atoms with Crippen LogP contribution >= 0.6 is 12.9 Å². The minimum atomic E-state index is -1.38. The van der Waals surface area contributed by atoms with Crippen LogP contribution in [-0.4, -0.2) is 16.8 Å². The van der Waals surface area contributed by atoms with Gasteiger partial charge < -0.3 is 14.4 Å². The fourth-order valence-corrected chi connectivity index (χ4v) is 1.48. The van der Waals surface area contributed by atoms with Gasteiger partial charge in [-0.2, -0.15) is 0 Å². The summed E-state index contributed by atoms with van der Waals surface area (Å²) in [6.07, 6.45) is 1.62. The van der Waals surface area contributed by atoms with Crippen molar-refractivity contribution in [3.8, 4) is 0 Å². The molecule has 2 N–H and O–H groups in total. The summed E-state index contributed by atoms with van der Waals surface area (Å²) in [7, 11) is 0. The maximum Gasteiger partial charge on any atom is 0.178 e. The maximum atomic E-state index is 8.89. The van der Waals surface area contributed by atoms with Crippen LogP contribution in [0.3, 0.4) is 0 Å². The molecule has 0 aliphatic carbocycles. The fraction of sp³-hybridized carbons (Fsp3) is 0.455. The minimum Gasteiger partial charge on any atom is -0.364 e. The van der Waals surface area contributed by atoms with Crippen LogP contribution in [0.2, 0.25) is 0 Å². The van der Waals surface area contributed by atoms with E-state index in [4.69, 9.17) is 10.2 Å². The van der Waals surface area contributed by atoms with Gasteiger partial charge >= 0.3 is 0 Å². The number of unbranched alkanes of at least 4 members (excludes halogenated alkanes) is 1. The molecule has 0 radical (unpaired) electrons. The summed E-state index contributed by atoms with van der Waals surface area (Å²) in [5, 5.41) is 17.8. The van der Waals surface area contributed by atoms with E-state index in [2.05, 4.69) is 17.1 Å². The standard InChI is InChI=1S/C11H16O3S/c12-11(13)10-6-4-9(5-7-10)3-1-2-8-14-15/h4-7,11-13,15H,1-3,8H2. The number of aliphatic hydroxyl groups excluding tert-OH is 1. The molecule has 0 heterocycles. The molecule has 0 aromatic heterocycles. The summed E-state index contributed by atoms with van der Waals surface area (Å²) in [4.78, 5) is 0.